The normalized spacial score (nSPS) is 13.4. The van der Waals surface area contributed by atoms with Gasteiger partial charge in [0.2, 0.25) is 0 Å². The number of likely N-dealkylation sites (N-methyl/N-ethyl adjacent to an activating group) is 1. The standard InChI is InChI=1S/C22H35N5O2/c1-16(2)29-20-11-9-18(10-12-20)8-7-17(3)25-22(28)23-14-21(26(4)5)19-13-24-27(6)15-19/h9-13,15-17,21H,7-8,14H2,1-6H3,(H2,23,25,28). The van der Waals surface area contributed by atoms with Gasteiger partial charge in [-0.1, -0.05) is 12.1 Å². The van der Waals surface area contributed by atoms with Crippen LogP contribution in [-0.2, 0) is 13.5 Å². The maximum Gasteiger partial charge on any atom is 0.315 e. The summed E-state index contributed by atoms with van der Waals surface area (Å²) in [6, 6.07) is 8.18. The molecule has 2 rings (SSSR count). The monoisotopic (exact) mass is 401 g/mol. The first-order valence-electron chi connectivity index (χ1n) is 10.2. The zero-order chi connectivity index (χ0) is 21.4. The number of hydrogen-bond donors (Lipinski definition) is 2. The molecule has 7 heteroatoms. The van der Waals surface area contributed by atoms with E-state index in [1.807, 2.05) is 66.4 Å². The van der Waals surface area contributed by atoms with Gasteiger partial charge in [0.15, 0.2) is 0 Å². The Balaban J connectivity index is 1.75. The first-order valence-corrected chi connectivity index (χ1v) is 10.2. The Morgan fingerprint density at radius 2 is 1.90 bits per heavy atom. The molecular formula is C22H35N5O2. The fourth-order valence-electron chi connectivity index (χ4n) is 3.14. The van der Waals surface area contributed by atoms with E-state index in [1.165, 1.54) is 5.56 Å². The maximum atomic E-state index is 12.3. The smallest absolute Gasteiger partial charge is 0.315 e. The Bertz CT molecular complexity index is 755. The van der Waals surface area contributed by atoms with Gasteiger partial charge in [0.1, 0.15) is 5.75 Å². The minimum Gasteiger partial charge on any atom is -0.491 e. The highest BCUT2D eigenvalue weighted by Crippen LogP contribution is 2.17. The number of benzene rings is 1. The van der Waals surface area contributed by atoms with E-state index in [0.29, 0.717) is 6.54 Å². The fraction of sp³-hybridized carbons (Fsp3) is 0.545. The highest BCUT2D eigenvalue weighted by atomic mass is 16.5. The average Bonchev–Trinajstić information content (AvgIpc) is 3.06. The van der Waals surface area contributed by atoms with Crippen molar-refractivity contribution in [2.45, 2.75) is 51.8 Å². The molecule has 2 unspecified atom stereocenters. The van der Waals surface area contributed by atoms with E-state index in [2.05, 4.69) is 32.8 Å². The van der Waals surface area contributed by atoms with Crippen molar-refractivity contribution in [2.24, 2.45) is 7.05 Å². The number of hydrogen-bond acceptors (Lipinski definition) is 4. The number of carbonyl (C=O) groups is 1. The molecule has 7 nitrogen and oxygen atoms in total. The topological polar surface area (TPSA) is 71.4 Å². The Hall–Kier alpha value is -2.54. The molecule has 0 aliphatic rings. The maximum absolute atomic E-state index is 12.3. The van der Waals surface area contributed by atoms with Crippen LogP contribution in [0.4, 0.5) is 4.79 Å². The predicted molar refractivity (Wildman–Crippen MR) is 116 cm³/mol. The Morgan fingerprint density at radius 1 is 1.21 bits per heavy atom. The van der Waals surface area contributed by atoms with Gasteiger partial charge in [-0.3, -0.25) is 4.68 Å². The van der Waals surface area contributed by atoms with Crippen LogP contribution in [0.15, 0.2) is 36.7 Å². The van der Waals surface area contributed by atoms with Crippen LogP contribution in [0.2, 0.25) is 0 Å². The average molecular weight is 402 g/mol. The van der Waals surface area contributed by atoms with Crippen molar-refractivity contribution in [2.75, 3.05) is 20.6 Å². The van der Waals surface area contributed by atoms with Crippen molar-refractivity contribution in [3.05, 3.63) is 47.8 Å². The number of amides is 2. The van der Waals surface area contributed by atoms with Crippen LogP contribution >= 0.6 is 0 Å². The summed E-state index contributed by atoms with van der Waals surface area (Å²) in [5.41, 5.74) is 2.31. The van der Waals surface area contributed by atoms with Gasteiger partial charge in [-0.05, 0) is 65.4 Å². The highest BCUT2D eigenvalue weighted by Gasteiger charge is 2.17. The molecular weight excluding hydrogens is 366 g/mol. The van der Waals surface area contributed by atoms with E-state index in [-0.39, 0.29) is 24.2 Å². The lowest BCUT2D eigenvalue weighted by Gasteiger charge is -2.24. The number of aryl methyl sites for hydroxylation is 2. The number of ether oxygens (including phenoxy) is 1. The second-order valence-corrected chi connectivity index (χ2v) is 8.03. The van der Waals surface area contributed by atoms with E-state index >= 15 is 0 Å². The van der Waals surface area contributed by atoms with E-state index < -0.39 is 0 Å². The minimum atomic E-state index is -0.145. The number of urea groups is 1. The van der Waals surface area contributed by atoms with Crippen LogP contribution in [0.25, 0.3) is 0 Å². The first kappa shape index (κ1) is 22.7. The van der Waals surface area contributed by atoms with Crippen LogP contribution in [0.3, 0.4) is 0 Å². The fourth-order valence-corrected chi connectivity index (χ4v) is 3.14. The molecule has 0 bridgehead atoms. The molecule has 160 valence electrons. The molecule has 0 saturated carbocycles. The zero-order valence-corrected chi connectivity index (χ0v) is 18.5. The van der Waals surface area contributed by atoms with E-state index in [0.717, 1.165) is 24.2 Å². The number of aromatic nitrogens is 2. The lowest BCUT2D eigenvalue weighted by Crippen LogP contribution is -2.44. The van der Waals surface area contributed by atoms with Crippen LogP contribution in [0.5, 0.6) is 5.75 Å². The van der Waals surface area contributed by atoms with Gasteiger partial charge in [0, 0.05) is 31.4 Å². The Kier molecular flexibility index (Phi) is 8.51. The molecule has 2 amide bonds. The molecule has 1 aromatic carbocycles. The van der Waals surface area contributed by atoms with E-state index in [4.69, 9.17) is 4.74 Å². The quantitative estimate of drug-likeness (QED) is 0.642. The number of rotatable bonds is 10. The SMILES string of the molecule is CC(CCc1ccc(OC(C)C)cc1)NC(=O)NCC(c1cnn(C)c1)N(C)C. The van der Waals surface area contributed by atoms with Crippen LogP contribution in [-0.4, -0.2) is 53.5 Å². The summed E-state index contributed by atoms with van der Waals surface area (Å²) in [5.74, 6) is 0.887. The molecule has 0 saturated heterocycles. The van der Waals surface area contributed by atoms with Gasteiger partial charge < -0.3 is 20.3 Å². The molecule has 0 aliphatic carbocycles. The molecule has 0 aliphatic heterocycles. The number of nitrogens with zero attached hydrogens (tertiary/aromatic N) is 3. The van der Waals surface area contributed by atoms with Gasteiger partial charge in [-0.2, -0.15) is 5.10 Å². The second kappa shape index (κ2) is 10.9. The van der Waals surface area contributed by atoms with Crippen LogP contribution < -0.4 is 15.4 Å². The molecule has 29 heavy (non-hydrogen) atoms. The molecule has 1 aromatic heterocycles. The van der Waals surface area contributed by atoms with Crippen molar-refractivity contribution in [3.8, 4) is 5.75 Å². The third-order valence-corrected chi connectivity index (χ3v) is 4.73. The minimum absolute atomic E-state index is 0.0799. The lowest BCUT2D eigenvalue weighted by molar-refractivity contribution is 0.229. The van der Waals surface area contributed by atoms with Crippen LogP contribution in [0.1, 0.15) is 44.4 Å². The van der Waals surface area contributed by atoms with Gasteiger partial charge in [0.25, 0.3) is 0 Å². The second-order valence-electron chi connectivity index (χ2n) is 8.03. The Morgan fingerprint density at radius 3 is 2.45 bits per heavy atom. The summed E-state index contributed by atoms with van der Waals surface area (Å²) in [6.07, 6.45) is 5.76. The Labute approximate surface area is 174 Å². The molecule has 2 atom stereocenters. The van der Waals surface area contributed by atoms with Gasteiger partial charge >= 0.3 is 6.03 Å². The van der Waals surface area contributed by atoms with Gasteiger partial charge in [0.05, 0.1) is 18.3 Å². The van der Waals surface area contributed by atoms with Crippen LogP contribution in [0, 0.1) is 0 Å². The summed E-state index contributed by atoms with van der Waals surface area (Å²) in [5, 5.41) is 10.2. The van der Waals surface area contributed by atoms with Crippen molar-refractivity contribution < 1.29 is 9.53 Å². The number of carbonyl (C=O) groups excluding carboxylic acids is 1. The summed E-state index contributed by atoms with van der Waals surface area (Å²) in [6.45, 7) is 6.59. The van der Waals surface area contributed by atoms with Crippen molar-refractivity contribution in [1.29, 1.82) is 0 Å². The predicted octanol–water partition coefficient (Wildman–Crippen LogP) is 3.13. The molecule has 0 spiro atoms. The summed E-state index contributed by atoms with van der Waals surface area (Å²) < 4.78 is 7.44. The third-order valence-electron chi connectivity index (χ3n) is 4.73. The number of nitrogens with one attached hydrogen (secondary N) is 2. The molecule has 2 N–H and O–H groups in total. The van der Waals surface area contributed by atoms with E-state index in [1.54, 1.807) is 4.68 Å². The largest absolute Gasteiger partial charge is 0.491 e. The zero-order valence-electron chi connectivity index (χ0n) is 18.5. The molecule has 2 aromatic rings. The van der Waals surface area contributed by atoms with Crippen molar-refractivity contribution >= 4 is 6.03 Å². The lowest BCUT2D eigenvalue weighted by atomic mass is 10.1. The summed E-state index contributed by atoms with van der Waals surface area (Å²) in [4.78, 5) is 14.4. The van der Waals surface area contributed by atoms with Crippen molar-refractivity contribution in [3.63, 3.8) is 0 Å². The van der Waals surface area contributed by atoms with Gasteiger partial charge in [-0.15, -0.1) is 0 Å². The first-order chi connectivity index (χ1) is 13.7. The van der Waals surface area contributed by atoms with E-state index in [9.17, 15) is 4.79 Å². The summed E-state index contributed by atoms with van der Waals surface area (Å²) >= 11 is 0. The van der Waals surface area contributed by atoms with Gasteiger partial charge in [-0.25, -0.2) is 4.79 Å². The third kappa shape index (κ3) is 7.77. The molecule has 0 fully saturated rings. The summed E-state index contributed by atoms with van der Waals surface area (Å²) in [7, 11) is 5.89. The molecule has 1 heterocycles. The molecule has 0 radical (unpaired) electrons. The van der Waals surface area contributed by atoms with Crippen molar-refractivity contribution in [1.82, 2.24) is 25.3 Å². The highest BCUT2D eigenvalue weighted by molar-refractivity contribution is 5.74.